The molecule has 0 aliphatic heterocycles. The zero-order chi connectivity index (χ0) is 26.5. The second-order valence-electron chi connectivity index (χ2n) is 8.84. The first-order valence-electron chi connectivity index (χ1n) is 12.2. The molecular weight excluding hydrogens is 645 g/mol. The summed E-state index contributed by atoms with van der Waals surface area (Å²) in [5.41, 5.74) is 3.55. The van der Waals surface area contributed by atoms with Gasteiger partial charge in [0.15, 0.2) is 11.5 Å². The van der Waals surface area contributed by atoms with E-state index in [4.69, 9.17) is 14.5 Å². The molecule has 1 aromatic heterocycles. The summed E-state index contributed by atoms with van der Waals surface area (Å²) in [6.07, 6.45) is 2.51. The lowest BCUT2D eigenvalue weighted by Crippen LogP contribution is -2.23. The Balaban J connectivity index is 1.71. The third-order valence-electron chi connectivity index (χ3n) is 6.01. The summed E-state index contributed by atoms with van der Waals surface area (Å²) in [4.78, 5) is 18.2. The van der Waals surface area contributed by atoms with Crippen molar-refractivity contribution in [3.05, 3.63) is 95.5 Å². The summed E-state index contributed by atoms with van der Waals surface area (Å²) < 4.78 is 15.2. The largest absolute Gasteiger partial charge is 0.490 e. The van der Waals surface area contributed by atoms with E-state index in [2.05, 4.69) is 76.5 Å². The molecule has 0 aliphatic rings. The van der Waals surface area contributed by atoms with E-state index in [-0.39, 0.29) is 11.5 Å². The smallest absolute Gasteiger partial charge is 0.282 e. The van der Waals surface area contributed by atoms with Gasteiger partial charge in [0.05, 0.1) is 27.3 Å². The second-order valence-corrected chi connectivity index (χ2v) is 10.9. The summed E-state index contributed by atoms with van der Waals surface area (Å²) in [7, 11) is 0. The van der Waals surface area contributed by atoms with Gasteiger partial charge < -0.3 is 9.47 Å². The second kappa shape index (κ2) is 12.2. The number of ether oxygens (including phenoxy) is 2. The van der Waals surface area contributed by atoms with Crippen LogP contribution in [0.4, 0.5) is 0 Å². The average Bonchev–Trinajstić information content (AvgIpc) is 2.87. The Morgan fingerprint density at radius 3 is 2.68 bits per heavy atom. The SMILES string of the molecule is CCOc1cc(C=Nn2c([C@H](C)CC)nc3ccc(Br)cc3c2=O)cc(I)c1OCc1cccc(C)c1. The first-order valence-corrected chi connectivity index (χ1v) is 14.1. The molecule has 0 amide bonds. The zero-order valence-corrected chi connectivity index (χ0v) is 25.0. The molecule has 0 fully saturated rings. The van der Waals surface area contributed by atoms with Gasteiger partial charge in [0.25, 0.3) is 5.56 Å². The maximum Gasteiger partial charge on any atom is 0.282 e. The molecule has 192 valence electrons. The summed E-state index contributed by atoms with van der Waals surface area (Å²) in [6, 6.07) is 17.6. The van der Waals surface area contributed by atoms with Gasteiger partial charge in [-0.25, -0.2) is 4.98 Å². The molecule has 0 radical (unpaired) electrons. The number of aromatic nitrogens is 2. The predicted molar refractivity (Wildman–Crippen MR) is 161 cm³/mol. The van der Waals surface area contributed by atoms with Crippen LogP contribution in [0.25, 0.3) is 10.9 Å². The van der Waals surface area contributed by atoms with Crippen LogP contribution in [0.3, 0.4) is 0 Å². The zero-order valence-electron chi connectivity index (χ0n) is 21.3. The van der Waals surface area contributed by atoms with E-state index in [1.165, 1.54) is 10.2 Å². The van der Waals surface area contributed by atoms with Crippen LogP contribution in [0, 0.1) is 10.5 Å². The van der Waals surface area contributed by atoms with Gasteiger partial charge in [0, 0.05) is 10.4 Å². The number of aryl methyl sites for hydroxylation is 1. The molecule has 0 saturated heterocycles. The summed E-state index contributed by atoms with van der Waals surface area (Å²) >= 11 is 5.70. The average molecular weight is 674 g/mol. The lowest BCUT2D eigenvalue weighted by molar-refractivity contribution is 0.267. The number of halogens is 2. The summed E-state index contributed by atoms with van der Waals surface area (Å²) in [5.74, 6) is 2.03. The Kier molecular flexibility index (Phi) is 9.02. The van der Waals surface area contributed by atoms with Gasteiger partial charge in [0.2, 0.25) is 0 Å². The fourth-order valence-electron chi connectivity index (χ4n) is 3.93. The number of hydrogen-bond donors (Lipinski definition) is 0. The molecule has 0 unspecified atom stereocenters. The highest BCUT2D eigenvalue weighted by atomic mass is 127. The molecule has 8 heteroatoms. The number of hydrogen-bond acceptors (Lipinski definition) is 5. The normalized spacial score (nSPS) is 12.3. The molecule has 0 saturated carbocycles. The number of benzene rings is 3. The van der Waals surface area contributed by atoms with Crippen molar-refractivity contribution in [3.8, 4) is 11.5 Å². The van der Waals surface area contributed by atoms with Crippen molar-refractivity contribution in [2.24, 2.45) is 5.10 Å². The maximum absolute atomic E-state index is 13.4. The Morgan fingerprint density at radius 2 is 1.95 bits per heavy atom. The highest BCUT2D eigenvalue weighted by molar-refractivity contribution is 14.1. The van der Waals surface area contributed by atoms with Crippen molar-refractivity contribution in [2.75, 3.05) is 6.61 Å². The van der Waals surface area contributed by atoms with Gasteiger partial charge in [-0.1, -0.05) is 59.6 Å². The number of rotatable bonds is 9. The summed E-state index contributed by atoms with van der Waals surface area (Å²) in [5, 5.41) is 5.12. The molecular formula is C29H29BrIN3O3. The Bertz CT molecular complexity index is 1520. The first kappa shape index (κ1) is 27.3. The van der Waals surface area contributed by atoms with E-state index in [1.54, 1.807) is 12.3 Å². The van der Waals surface area contributed by atoms with Crippen molar-refractivity contribution in [3.63, 3.8) is 0 Å². The predicted octanol–water partition coefficient (Wildman–Crippen LogP) is 7.45. The molecule has 1 atom stereocenters. The number of nitrogens with zero attached hydrogens (tertiary/aromatic N) is 3. The Morgan fingerprint density at radius 1 is 1.14 bits per heavy atom. The van der Waals surface area contributed by atoms with Gasteiger partial charge in [-0.05, 0) is 84.3 Å². The third-order valence-corrected chi connectivity index (χ3v) is 7.30. The van der Waals surface area contributed by atoms with Crippen LogP contribution < -0.4 is 15.0 Å². The summed E-state index contributed by atoms with van der Waals surface area (Å²) in [6.45, 7) is 9.07. The number of fused-ring (bicyclic) bond motifs is 1. The van der Waals surface area contributed by atoms with E-state index >= 15 is 0 Å². The Hall–Kier alpha value is -2.72. The van der Waals surface area contributed by atoms with Gasteiger partial charge in [-0.2, -0.15) is 9.78 Å². The highest BCUT2D eigenvalue weighted by Gasteiger charge is 2.16. The molecule has 1 heterocycles. The quantitative estimate of drug-likeness (QED) is 0.137. The van der Waals surface area contributed by atoms with Gasteiger partial charge in [-0.3, -0.25) is 4.79 Å². The highest BCUT2D eigenvalue weighted by Crippen LogP contribution is 2.34. The standard InChI is InChI=1S/C29H29BrIN3O3/c1-5-19(4)28-33-25-11-10-22(30)15-23(25)29(35)34(28)32-16-21-13-24(31)27(26(14-21)36-6-2)37-17-20-9-7-8-18(3)12-20/h7-16,19H,5-6,17H2,1-4H3/t19-/m1/s1. The lowest BCUT2D eigenvalue weighted by Gasteiger charge is -2.15. The van der Waals surface area contributed by atoms with Crippen molar-refractivity contribution in [2.45, 2.75) is 46.6 Å². The molecule has 3 aromatic carbocycles. The molecule has 0 N–H and O–H groups in total. The minimum atomic E-state index is -0.198. The fourth-order valence-corrected chi connectivity index (χ4v) is 5.07. The molecule has 0 spiro atoms. The topological polar surface area (TPSA) is 65.7 Å². The van der Waals surface area contributed by atoms with E-state index in [9.17, 15) is 4.79 Å². The van der Waals surface area contributed by atoms with Crippen LogP contribution in [0.5, 0.6) is 11.5 Å². The molecule has 4 aromatic rings. The van der Waals surface area contributed by atoms with Crippen LogP contribution in [0.2, 0.25) is 0 Å². The molecule has 0 aliphatic carbocycles. The van der Waals surface area contributed by atoms with E-state index in [1.807, 2.05) is 43.3 Å². The Labute approximate surface area is 239 Å². The third kappa shape index (κ3) is 6.41. The van der Waals surface area contributed by atoms with Crippen LogP contribution in [-0.2, 0) is 6.61 Å². The van der Waals surface area contributed by atoms with Crippen molar-refractivity contribution in [1.29, 1.82) is 0 Å². The van der Waals surface area contributed by atoms with E-state index in [0.29, 0.717) is 41.4 Å². The van der Waals surface area contributed by atoms with Gasteiger partial charge in [-0.15, -0.1) is 0 Å². The first-order chi connectivity index (χ1) is 17.8. The van der Waals surface area contributed by atoms with E-state index < -0.39 is 0 Å². The minimum absolute atomic E-state index is 0.0643. The van der Waals surface area contributed by atoms with Crippen molar-refractivity contribution < 1.29 is 9.47 Å². The van der Waals surface area contributed by atoms with Crippen LogP contribution >= 0.6 is 38.5 Å². The monoisotopic (exact) mass is 673 g/mol. The molecule has 0 bridgehead atoms. The van der Waals surface area contributed by atoms with Crippen LogP contribution in [-0.4, -0.2) is 22.5 Å². The van der Waals surface area contributed by atoms with Gasteiger partial charge >= 0.3 is 0 Å². The van der Waals surface area contributed by atoms with Gasteiger partial charge in [0.1, 0.15) is 12.4 Å². The van der Waals surface area contributed by atoms with Crippen molar-refractivity contribution >= 4 is 55.6 Å². The van der Waals surface area contributed by atoms with Crippen LogP contribution in [0.1, 0.15) is 55.6 Å². The van der Waals surface area contributed by atoms with Crippen molar-refractivity contribution in [1.82, 2.24) is 9.66 Å². The fraction of sp³-hybridized carbons (Fsp3) is 0.276. The molecule has 4 rings (SSSR count). The van der Waals surface area contributed by atoms with E-state index in [0.717, 1.165) is 25.6 Å². The molecule has 37 heavy (non-hydrogen) atoms. The maximum atomic E-state index is 13.4. The lowest BCUT2D eigenvalue weighted by atomic mass is 10.1. The van der Waals surface area contributed by atoms with Crippen LogP contribution in [0.15, 0.2) is 69.0 Å². The molecule has 6 nitrogen and oxygen atoms in total. The minimum Gasteiger partial charge on any atom is -0.490 e.